The molecule has 0 aromatic carbocycles. The molecule has 1 aliphatic carbocycles. The van der Waals surface area contributed by atoms with Gasteiger partial charge in [0.2, 0.25) is 11.9 Å². The normalized spacial score (nSPS) is 24.7. The maximum atomic E-state index is 14.4. The fourth-order valence-electron chi connectivity index (χ4n) is 7.37. The maximum Gasteiger partial charge on any atom is 0.323 e. The Bertz CT molecular complexity index is 1570. The summed E-state index contributed by atoms with van der Waals surface area (Å²) in [6, 6.07) is 2.31. The number of aromatic nitrogens is 5. The maximum absolute atomic E-state index is 14.4. The minimum absolute atomic E-state index is 0.138. The second kappa shape index (κ2) is 9.88. The largest absolute Gasteiger partial charge is 0.461 e. The van der Waals surface area contributed by atoms with Crippen molar-refractivity contribution in [1.29, 1.82) is 5.26 Å². The van der Waals surface area contributed by atoms with Crippen LogP contribution in [0.5, 0.6) is 6.01 Å². The first-order valence-electron chi connectivity index (χ1n) is 14.3. The number of alkyl halides is 1. The number of ether oxygens (including phenoxy) is 1. The van der Waals surface area contributed by atoms with Crippen LogP contribution in [-0.4, -0.2) is 81.4 Å². The quantitative estimate of drug-likeness (QED) is 0.414. The van der Waals surface area contributed by atoms with Crippen LogP contribution in [-0.2, 0) is 11.8 Å². The molecule has 4 aliphatic rings. The van der Waals surface area contributed by atoms with Gasteiger partial charge in [0.1, 0.15) is 36.0 Å². The van der Waals surface area contributed by atoms with E-state index in [1.807, 2.05) is 18.9 Å². The Morgan fingerprint density at radius 1 is 1.29 bits per heavy atom. The molecule has 0 amide bonds. The Morgan fingerprint density at radius 2 is 2.12 bits per heavy atom. The second-order valence-electron chi connectivity index (χ2n) is 12.1. The molecule has 3 aromatic rings. The van der Waals surface area contributed by atoms with Gasteiger partial charge in [-0.05, 0) is 44.7 Å². The molecule has 4 N–H and O–H groups in total. The Hall–Kier alpha value is -3.83. The molecule has 0 bridgehead atoms. The number of anilines is 4. The van der Waals surface area contributed by atoms with Crippen molar-refractivity contribution in [1.82, 2.24) is 29.8 Å². The number of rotatable bonds is 7. The van der Waals surface area contributed by atoms with Crippen LogP contribution in [0, 0.1) is 11.3 Å². The molecule has 3 aromatic heterocycles. The van der Waals surface area contributed by atoms with Crippen LogP contribution in [0.1, 0.15) is 60.2 Å². The number of nitriles is 1. The van der Waals surface area contributed by atoms with Gasteiger partial charge in [-0.15, -0.1) is 11.3 Å². The van der Waals surface area contributed by atoms with Crippen molar-refractivity contribution in [3.8, 4) is 12.1 Å². The Labute approximate surface area is 247 Å². The van der Waals surface area contributed by atoms with E-state index >= 15 is 0 Å². The van der Waals surface area contributed by atoms with E-state index < -0.39 is 6.17 Å². The summed E-state index contributed by atoms with van der Waals surface area (Å²) in [5.41, 5.74) is 14.3. The predicted molar refractivity (Wildman–Crippen MR) is 157 cm³/mol. The van der Waals surface area contributed by atoms with E-state index in [-0.39, 0.29) is 23.0 Å². The molecule has 0 radical (unpaired) electrons. The van der Waals surface area contributed by atoms with Crippen LogP contribution in [0.3, 0.4) is 0 Å². The molecule has 3 atom stereocenters. The lowest BCUT2D eigenvalue weighted by Crippen LogP contribution is -2.59. The third kappa shape index (κ3) is 4.20. The molecule has 1 unspecified atom stereocenters. The molecule has 42 heavy (non-hydrogen) atoms. The van der Waals surface area contributed by atoms with Gasteiger partial charge in [-0.2, -0.15) is 20.2 Å². The lowest BCUT2D eigenvalue weighted by atomic mass is 9.74. The van der Waals surface area contributed by atoms with Crippen LogP contribution in [0.15, 0.2) is 12.5 Å². The molecule has 0 saturated carbocycles. The Balaban J connectivity index is 1.19. The molecule has 14 heteroatoms. The van der Waals surface area contributed by atoms with Crippen molar-refractivity contribution in [2.45, 2.75) is 62.2 Å². The van der Waals surface area contributed by atoms with E-state index in [9.17, 15) is 9.65 Å². The van der Waals surface area contributed by atoms with Crippen LogP contribution in [0.25, 0.3) is 0 Å². The molecule has 6 heterocycles. The van der Waals surface area contributed by atoms with Gasteiger partial charge in [0.05, 0.1) is 17.1 Å². The highest BCUT2D eigenvalue weighted by molar-refractivity contribution is 7.16. The van der Waals surface area contributed by atoms with Crippen LogP contribution < -0.4 is 26.0 Å². The summed E-state index contributed by atoms with van der Waals surface area (Å²) < 4.78 is 20.7. The number of thiophene rings is 1. The number of hydrogen-bond acceptors (Lipinski definition) is 13. The number of nitrogens with zero attached hydrogens (tertiary/aromatic N) is 9. The van der Waals surface area contributed by atoms with Crippen molar-refractivity contribution in [3.05, 3.63) is 34.1 Å². The van der Waals surface area contributed by atoms with Gasteiger partial charge in [-0.1, -0.05) is 0 Å². The van der Waals surface area contributed by atoms with E-state index in [2.05, 4.69) is 25.8 Å². The van der Waals surface area contributed by atoms with Gasteiger partial charge in [-0.3, -0.25) is 4.90 Å². The molecule has 3 saturated heterocycles. The highest BCUT2D eigenvalue weighted by Crippen LogP contribution is 2.52. The Morgan fingerprint density at radius 3 is 2.90 bits per heavy atom. The lowest BCUT2D eigenvalue weighted by molar-refractivity contribution is 0.107. The average Bonchev–Trinajstić information content (AvgIpc) is 3.68. The third-order valence-corrected chi connectivity index (χ3v) is 10.8. The molecular weight excluding hydrogens is 557 g/mol. The number of fused-ring (bicyclic) bond motifs is 3. The summed E-state index contributed by atoms with van der Waals surface area (Å²) in [5, 5.41) is 10.4. The van der Waals surface area contributed by atoms with Gasteiger partial charge in [0.15, 0.2) is 0 Å². The van der Waals surface area contributed by atoms with Crippen molar-refractivity contribution >= 4 is 34.1 Å². The first-order valence-corrected chi connectivity index (χ1v) is 15.2. The summed E-state index contributed by atoms with van der Waals surface area (Å²) >= 11 is 1.53. The first kappa shape index (κ1) is 27.0. The average molecular weight is 592 g/mol. The standard InChI is InChI=1S/C28H34FN11OS/c1-16(19-10-33-15-34-22(19)31)38(2)24-35-25(37-26(36-24)41-14-28-5-3-7-40(28)11-17(29)8-28)39-12-27(13-39)6-4-20-21(27)18(9-30)23(32)42-20/h10,15-17H,3-8,11-14,32H2,1-2H3,(H2,31,33,34)/t16?,17-,28+/m1/s1. The fraction of sp³-hybridized carbons (Fsp3) is 0.571. The predicted octanol–water partition coefficient (Wildman–Crippen LogP) is 2.62. The van der Waals surface area contributed by atoms with Gasteiger partial charge in [0.25, 0.3) is 0 Å². The van der Waals surface area contributed by atoms with Crippen LogP contribution in [0.2, 0.25) is 0 Å². The summed E-state index contributed by atoms with van der Waals surface area (Å²) in [6.07, 6.45) is 6.54. The zero-order valence-electron chi connectivity index (χ0n) is 23.8. The second-order valence-corrected chi connectivity index (χ2v) is 13.3. The molecule has 12 nitrogen and oxygen atoms in total. The molecule has 220 valence electrons. The minimum atomic E-state index is -0.845. The molecule has 1 spiro atoms. The summed E-state index contributed by atoms with van der Waals surface area (Å²) in [7, 11) is 1.89. The fourth-order valence-corrected chi connectivity index (χ4v) is 8.51. The third-order valence-electron chi connectivity index (χ3n) is 9.69. The molecule has 7 rings (SSSR count). The van der Waals surface area contributed by atoms with Gasteiger partial charge in [-0.25, -0.2) is 14.4 Å². The topological polar surface area (TPSA) is 159 Å². The SMILES string of the molecule is CC(c1cncnc1N)N(C)c1nc(OC[C@@]23CCCN2C[C@H](F)C3)nc(N2CC3(CCc4sc(N)c(C#N)c43)C2)n1. The van der Waals surface area contributed by atoms with Crippen molar-refractivity contribution < 1.29 is 9.13 Å². The smallest absolute Gasteiger partial charge is 0.323 e. The molecule has 3 aliphatic heterocycles. The first-order chi connectivity index (χ1) is 20.2. The van der Waals surface area contributed by atoms with Crippen molar-refractivity contribution in [2.75, 3.05) is 61.1 Å². The zero-order chi connectivity index (χ0) is 29.2. The summed E-state index contributed by atoms with van der Waals surface area (Å²) in [6.45, 7) is 4.99. The highest BCUT2D eigenvalue weighted by atomic mass is 32.1. The van der Waals surface area contributed by atoms with Crippen molar-refractivity contribution in [3.63, 3.8) is 0 Å². The van der Waals surface area contributed by atoms with Crippen LogP contribution in [0.4, 0.5) is 27.1 Å². The zero-order valence-corrected chi connectivity index (χ0v) is 24.6. The van der Waals surface area contributed by atoms with Gasteiger partial charge < -0.3 is 26.0 Å². The number of nitrogen functional groups attached to an aromatic ring is 2. The highest BCUT2D eigenvalue weighted by Gasteiger charge is 2.52. The minimum Gasteiger partial charge on any atom is -0.461 e. The molecular formula is C28H34FN11OS. The number of halogens is 1. The van der Waals surface area contributed by atoms with E-state index in [0.717, 1.165) is 43.4 Å². The van der Waals surface area contributed by atoms with Crippen molar-refractivity contribution in [2.24, 2.45) is 0 Å². The molecule has 3 fully saturated rings. The van der Waals surface area contributed by atoms with E-state index in [1.165, 1.54) is 22.5 Å². The van der Waals surface area contributed by atoms with Gasteiger partial charge in [0, 0.05) is 55.2 Å². The summed E-state index contributed by atoms with van der Waals surface area (Å²) in [4.78, 5) is 30.0. The van der Waals surface area contributed by atoms with E-state index in [0.29, 0.717) is 60.9 Å². The Kier molecular flexibility index (Phi) is 6.36. The van der Waals surface area contributed by atoms with E-state index in [1.54, 1.807) is 6.20 Å². The monoisotopic (exact) mass is 591 g/mol. The van der Waals surface area contributed by atoms with Crippen LogP contribution >= 0.6 is 11.3 Å². The summed E-state index contributed by atoms with van der Waals surface area (Å²) in [5.74, 6) is 1.32. The van der Waals surface area contributed by atoms with Gasteiger partial charge >= 0.3 is 6.01 Å². The van der Waals surface area contributed by atoms with E-state index in [4.69, 9.17) is 31.2 Å². The number of hydrogen-bond donors (Lipinski definition) is 2. The number of aryl methyl sites for hydroxylation is 1. The lowest BCUT2D eigenvalue weighted by Gasteiger charge is -2.48. The number of nitrogens with two attached hydrogens (primary N) is 2.